The van der Waals surface area contributed by atoms with Crippen LogP contribution < -0.4 is 14.2 Å². The van der Waals surface area contributed by atoms with E-state index in [1.807, 2.05) is 12.1 Å². The van der Waals surface area contributed by atoms with Crippen molar-refractivity contribution < 1.29 is 23.8 Å². The SMILES string of the molecule is CCCCCCCCCCCCCCCC(=O)CCCCCCCCC(=N)C(=O)C(CCCCCCCCCCCCCC)c1c(OC)cc(OC)cc1OC. The maximum absolute atomic E-state index is 13.9. The van der Waals surface area contributed by atoms with Crippen molar-refractivity contribution in [2.75, 3.05) is 21.3 Å². The first kappa shape index (κ1) is 51.6. The summed E-state index contributed by atoms with van der Waals surface area (Å²) < 4.78 is 17.0. The smallest absolute Gasteiger partial charge is 0.184 e. The number of unbranched alkanes of at least 4 members (excludes halogenated alkanes) is 28. The van der Waals surface area contributed by atoms with Crippen molar-refractivity contribution in [3.63, 3.8) is 0 Å². The number of hydrogen-bond donors (Lipinski definition) is 1. The van der Waals surface area contributed by atoms with Crippen molar-refractivity contribution in [1.82, 2.24) is 0 Å². The van der Waals surface area contributed by atoms with Gasteiger partial charge in [0.15, 0.2) is 5.78 Å². The summed E-state index contributed by atoms with van der Waals surface area (Å²) in [5, 5.41) is 8.82. The molecule has 0 aliphatic heterocycles. The zero-order chi connectivity index (χ0) is 40.9. The Kier molecular flexibility index (Phi) is 34.1. The lowest BCUT2D eigenvalue weighted by molar-refractivity contribution is -0.119. The van der Waals surface area contributed by atoms with E-state index in [-0.39, 0.29) is 11.5 Å². The third kappa shape index (κ3) is 25.8. The van der Waals surface area contributed by atoms with Crippen LogP contribution in [0.3, 0.4) is 0 Å². The molecule has 1 atom stereocenters. The van der Waals surface area contributed by atoms with E-state index >= 15 is 0 Å². The second-order valence-electron chi connectivity index (χ2n) is 16.7. The van der Waals surface area contributed by atoms with Crippen molar-refractivity contribution in [1.29, 1.82) is 5.41 Å². The lowest BCUT2D eigenvalue weighted by Gasteiger charge is -2.23. The molecule has 0 aliphatic carbocycles. The molecule has 1 unspecified atom stereocenters. The standard InChI is InChI=1S/C50H89NO5/c1-6-8-10-12-14-16-18-20-21-23-25-29-33-37-43(52)38-34-30-27-28-32-36-40-46(51)50(53)45(49-47(55-4)41-44(54-3)42-48(49)56-5)39-35-31-26-24-22-19-17-15-13-11-9-7-2/h41-42,45,51H,6-40H2,1-5H3. The lowest BCUT2D eigenvalue weighted by Crippen LogP contribution is -2.23. The highest BCUT2D eigenvalue weighted by Crippen LogP contribution is 2.42. The molecule has 1 aromatic rings. The Hall–Kier alpha value is -2.37. The van der Waals surface area contributed by atoms with Gasteiger partial charge >= 0.3 is 0 Å². The molecule has 0 spiro atoms. The Labute approximate surface area is 346 Å². The predicted octanol–water partition coefficient (Wildman–Crippen LogP) is 15.6. The van der Waals surface area contributed by atoms with Crippen molar-refractivity contribution in [2.24, 2.45) is 0 Å². The molecule has 0 aromatic heterocycles. The Morgan fingerprint density at radius 3 is 1.12 bits per heavy atom. The first-order chi connectivity index (χ1) is 27.4. The number of ketones is 2. The molecule has 1 aromatic carbocycles. The average Bonchev–Trinajstić information content (AvgIpc) is 3.21. The van der Waals surface area contributed by atoms with Gasteiger partial charge in [-0.05, 0) is 32.1 Å². The Balaban J connectivity index is 2.36. The molecule has 0 aliphatic rings. The van der Waals surface area contributed by atoms with Gasteiger partial charge < -0.3 is 19.6 Å². The van der Waals surface area contributed by atoms with Crippen LogP contribution in [-0.2, 0) is 9.59 Å². The number of rotatable bonds is 42. The zero-order valence-corrected chi connectivity index (χ0v) is 37.5. The Morgan fingerprint density at radius 1 is 0.464 bits per heavy atom. The molecule has 0 heterocycles. The number of nitrogens with one attached hydrogen (secondary N) is 1. The first-order valence-corrected chi connectivity index (χ1v) is 23.9. The topological polar surface area (TPSA) is 85.7 Å². The highest BCUT2D eigenvalue weighted by molar-refractivity contribution is 6.40. The minimum absolute atomic E-state index is 0.114. The molecule has 0 saturated carbocycles. The van der Waals surface area contributed by atoms with Crippen molar-refractivity contribution in [3.8, 4) is 17.2 Å². The van der Waals surface area contributed by atoms with Crippen molar-refractivity contribution >= 4 is 17.3 Å². The second-order valence-corrected chi connectivity index (χ2v) is 16.7. The summed E-state index contributed by atoms with van der Waals surface area (Å²) in [4.78, 5) is 26.3. The maximum Gasteiger partial charge on any atom is 0.184 e. The summed E-state index contributed by atoms with van der Waals surface area (Å²) in [6.45, 7) is 4.54. The molecule has 56 heavy (non-hydrogen) atoms. The molecule has 6 nitrogen and oxygen atoms in total. The minimum atomic E-state index is -0.473. The fourth-order valence-corrected chi connectivity index (χ4v) is 8.10. The van der Waals surface area contributed by atoms with Gasteiger partial charge in [-0.25, -0.2) is 0 Å². The third-order valence-electron chi connectivity index (χ3n) is 11.8. The summed E-state index contributed by atoms with van der Waals surface area (Å²) in [7, 11) is 4.84. The molecule has 1 rings (SSSR count). The van der Waals surface area contributed by atoms with Crippen LogP contribution in [0.25, 0.3) is 0 Å². The number of ether oxygens (including phenoxy) is 3. The van der Waals surface area contributed by atoms with Gasteiger partial charge in [-0.3, -0.25) is 9.59 Å². The normalized spacial score (nSPS) is 11.8. The van der Waals surface area contributed by atoms with E-state index in [1.165, 1.54) is 141 Å². The number of benzene rings is 1. The first-order valence-electron chi connectivity index (χ1n) is 23.9. The van der Waals surface area contributed by atoms with Gasteiger partial charge in [-0.1, -0.05) is 194 Å². The summed E-state index contributed by atoms with van der Waals surface area (Å²) in [6, 6.07) is 3.63. The quantitative estimate of drug-likeness (QED) is 0.0527. The Bertz CT molecular complexity index is 1090. The van der Waals surface area contributed by atoms with Crippen molar-refractivity contribution in [2.45, 2.75) is 244 Å². The van der Waals surface area contributed by atoms with Crippen LogP contribution in [0.5, 0.6) is 17.2 Å². The monoisotopic (exact) mass is 784 g/mol. The molecular weight excluding hydrogens is 695 g/mol. The van der Waals surface area contributed by atoms with E-state index in [2.05, 4.69) is 13.8 Å². The highest BCUT2D eigenvalue weighted by Gasteiger charge is 2.30. The van der Waals surface area contributed by atoms with E-state index in [0.717, 1.165) is 76.2 Å². The summed E-state index contributed by atoms with van der Waals surface area (Å²) in [5.74, 6) is 1.62. The van der Waals surface area contributed by atoms with Gasteiger partial charge in [0.05, 0.1) is 33.0 Å². The fraction of sp³-hybridized carbons (Fsp3) is 0.820. The van der Waals surface area contributed by atoms with Crippen LogP contribution in [0.15, 0.2) is 12.1 Å². The molecule has 0 bridgehead atoms. The van der Waals surface area contributed by atoms with Crippen LogP contribution in [0.4, 0.5) is 0 Å². The number of methoxy groups -OCH3 is 3. The van der Waals surface area contributed by atoms with Gasteiger partial charge in [-0.2, -0.15) is 0 Å². The summed E-state index contributed by atoms with van der Waals surface area (Å²) in [5.41, 5.74) is 0.935. The Morgan fingerprint density at radius 2 is 0.786 bits per heavy atom. The van der Waals surface area contributed by atoms with Crippen molar-refractivity contribution in [3.05, 3.63) is 17.7 Å². The molecule has 0 fully saturated rings. The molecule has 6 heteroatoms. The van der Waals surface area contributed by atoms with E-state index < -0.39 is 5.92 Å². The average molecular weight is 784 g/mol. The highest BCUT2D eigenvalue weighted by atomic mass is 16.5. The minimum Gasteiger partial charge on any atom is -0.496 e. The second kappa shape index (κ2) is 36.9. The van der Waals surface area contributed by atoms with E-state index in [4.69, 9.17) is 19.6 Å². The predicted molar refractivity (Wildman–Crippen MR) is 240 cm³/mol. The molecule has 1 N–H and O–H groups in total. The molecule has 324 valence electrons. The van der Waals surface area contributed by atoms with Gasteiger partial charge in [-0.15, -0.1) is 0 Å². The molecule has 0 amide bonds. The molecule has 0 radical (unpaired) electrons. The van der Waals surface area contributed by atoms with Gasteiger partial charge in [0.1, 0.15) is 23.0 Å². The van der Waals surface area contributed by atoms with Crippen LogP contribution in [0.2, 0.25) is 0 Å². The van der Waals surface area contributed by atoms with E-state index in [9.17, 15) is 9.59 Å². The lowest BCUT2D eigenvalue weighted by atomic mass is 9.85. The number of Topliss-reactive ketones (excluding diaryl/α,β-unsaturated/α-hetero) is 2. The van der Waals surface area contributed by atoms with Crippen LogP contribution in [-0.4, -0.2) is 38.6 Å². The number of carbonyl (C=O) groups is 2. The van der Waals surface area contributed by atoms with Gasteiger partial charge in [0, 0.05) is 30.5 Å². The summed E-state index contributed by atoms with van der Waals surface area (Å²) >= 11 is 0. The largest absolute Gasteiger partial charge is 0.496 e. The van der Waals surface area contributed by atoms with Crippen LogP contribution >= 0.6 is 0 Å². The van der Waals surface area contributed by atoms with Gasteiger partial charge in [0.2, 0.25) is 0 Å². The van der Waals surface area contributed by atoms with E-state index in [1.54, 1.807) is 21.3 Å². The van der Waals surface area contributed by atoms with Crippen LogP contribution in [0, 0.1) is 5.41 Å². The molecular formula is C50H89NO5. The van der Waals surface area contributed by atoms with Crippen LogP contribution in [0.1, 0.15) is 250 Å². The summed E-state index contributed by atoms with van der Waals surface area (Å²) in [6.07, 6.45) is 41.3. The third-order valence-corrected chi connectivity index (χ3v) is 11.8. The van der Waals surface area contributed by atoms with Gasteiger partial charge in [0.25, 0.3) is 0 Å². The maximum atomic E-state index is 13.9. The van der Waals surface area contributed by atoms with E-state index in [0.29, 0.717) is 35.9 Å². The zero-order valence-electron chi connectivity index (χ0n) is 37.5. The number of hydrogen-bond acceptors (Lipinski definition) is 6. The fourth-order valence-electron chi connectivity index (χ4n) is 8.10. The molecule has 0 saturated heterocycles. The number of carbonyl (C=O) groups excluding carboxylic acids is 2.